The van der Waals surface area contributed by atoms with Crippen LogP contribution in [0.4, 0.5) is 5.82 Å². The Morgan fingerprint density at radius 2 is 1.80 bits per heavy atom. The SMILES string of the molecule is CCCCCCN1C(=O)C(=Cc2c(C)c(C#N)c(=O)n(CCC)c2N2CC(C)OC(C)C2)SC1=S. The lowest BCUT2D eigenvalue weighted by Gasteiger charge is -2.39. The maximum absolute atomic E-state index is 13.3. The second-order valence-electron chi connectivity index (χ2n) is 9.36. The van der Waals surface area contributed by atoms with Crippen molar-refractivity contribution in [1.82, 2.24) is 9.47 Å². The molecule has 0 spiro atoms. The first-order valence-electron chi connectivity index (χ1n) is 12.6. The molecule has 2 aliphatic rings. The van der Waals surface area contributed by atoms with Crippen molar-refractivity contribution in [1.29, 1.82) is 5.26 Å². The Labute approximate surface area is 218 Å². The molecule has 2 saturated heterocycles. The van der Waals surface area contributed by atoms with Gasteiger partial charge in [0.25, 0.3) is 11.5 Å². The van der Waals surface area contributed by atoms with Crippen molar-refractivity contribution < 1.29 is 9.53 Å². The smallest absolute Gasteiger partial charge is 0.270 e. The summed E-state index contributed by atoms with van der Waals surface area (Å²) >= 11 is 6.84. The minimum absolute atomic E-state index is 0.00550. The minimum atomic E-state index is -0.283. The van der Waals surface area contributed by atoms with Crippen LogP contribution in [0.15, 0.2) is 9.70 Å². The highest BCUT2D eigenvalue weighted by molar-refractivity contribution is 8.26. The van der Waals surface area contributed by atoms with Gasteiger partial charge in [-0.2, -0.15) is 5.26 Å². The Bertz CT molecular complexity index is 1100. The van der Waals surface area contributed by atoms with Crippen molar-refractivity contribution >= 4 is 46.1 Å². The quantitative estimate of drug-likeness (QED) is 0.264. The number of thioether (sulfide) groups is 1. The molecule has 2 atom stereocenters. The third-order valence-corrected chi connectivity index (χ3v) is 7.77. The summed E-state index contributed by atoms with van der Waals surface area (Å²) in [4.78, 5) is 31.0. The Balaban J connectivity index is 2.12. The normalized spacial score (nSPS) is 21.8. The summed E-state index contributed by atoms with van der Waals surface area (Å²) in [5.41, 5.74) is 1.18. The van der Waals surface area contributed by atoms with Crippen molar-refractivity contribution in [3.63, 3.8) is 0 Å². The van der Waals surface area contributed by atoms with E-state index in [1.54, 1.807) is 16.4 Å². The molecule has 3 heterocycles. The van der Waals surface area contributed by atoms with Crippen molar-refractivity contribution in [2.45, 2.75) is 85.5 Å². The fraction of sp³-hybridized carbons (Fsp3) is 0.615. The monoisotopic (exact) mass is 516 g/mol. The van der Waals surface area contributed by atoms with Gasteiger partial charge in [-0.1, -0.05) is 57.1 Å². The Kier molecular flexibility index (Phi) is 9.56. The largest absolute Gasteiger partial charge is 0.372 e. The first-order chi connectivity index (χ1) is 16.7. The molecule has 3 rings (SSSR count). The molecule has 1 aromatic rings. The summed E-state index contributed by atoms with van der Waals surface area (Å²) in [6, 6.07) is 2.11. The van der Waals surface area contributed by atoms with Crippen LogP contribution in [0.25, 0.3) is 6.08 Å². The Hall–Kier alpha value is -2.15. The van der Waals surface area contributed by atoms with E-state index in [2.05, 4.69) is 17.9 Å². The summed E-state index contributed by atoms with van der Waals surface area (Å²) in [6.45, 7) is 12.4. The van der Waals surface area contributed by atoms with E-state index in [1.165, 1.54) is 11.8 Å². The van der Waals surface area contributed by atoms with E-state index in [9.17, 15) is 14.9 Å². The lowest BCUT2D eigenvalue weighted by Crippen LogP contribution is -2.48. The number of ether oxygens (including phenoxy) is 1. The maximum atomic E-state index is 13.3. The van der Waals surface area contributed by atoms with Crippen LogP contribution in [-0.4, -0.2) is 51.5 Å². The number of nitrogens with zero attached hydrogens (tertiary/aromatic N) is 4. The average molecular weight is 517 g/mol. The molecule has 9 heteroatoms. The summed E-state index contributed by atoms with van der Waals surface area (Å²) in [6.07, 6.45) is 6.83. The predicted molar refractivity (Wildman–Crippen MR) is 147 cm³/mol. The number of anilines is 1. The van der Waals surface area contributed by atoms with Crippen LogP contribution in [0.1, 0.15) is 76.5 Å². The van der Waals surface area contributed by atoms with Crippen LogP contribution in [0.2, 0.25) is 0 Å². The van der Waals surface area contributed by atoms with Crippen molar-refractivity contribution in [2.24, 2.45) is 0 Å². The number of aromatic nitrogens is 1. The van der Waals surface area contributed by atoms with Crippen LogP contribution in [-0.2, 0) is 16.1 Å². The molecule has 0 bridgehead atoms. The van der Waals surface area contributed by atoms with E-state index in [0.717, 1.165) is 43.5 Å². The zero-order valence-electron chi connectivity index (χ0n) is 21.4. The second-order valence-corrected chi connectivity index (χ2v) is 11.0. The van der Waals surface area contributed by atoms with Gasteiger partial charge in [-0.15, -0.1) is 0 Å². The van der Waals surface area contributed by atoms with E-state index in [1.807, 2.05) is 26.8 Å². The minimum Gasteiger partial charge on any atom is -0.372 e. The van der Waals surface area contributed by atoms with Gasteiger partial charge < -0.3 is 9.64 Å². The molecule has 0 aliphatic carbocycles. The van der Waals surface area contributed by atoms with Crippen molar-refractivity contribution in [3.05, 3.63) is 31.9 Å². The number of pyridine rings is 1. The van der Waals surface area contributed by atoms with E-state index in [0.29, 0.717) is 41.0 Å². The number of carbonyl (C=O) groups excluding carboxylic acids is 1. The highest BCUT2D eigenvalue weighted by Gasteiger charge is 2.34. The lowest BCUT2D eigenvalue weighted by molar-refractivity contribution is -0.122. The van der Waals surface area contributed by atoms with Gasteiger partial charge in [0.05, 0.1) is 17.1 Å². The van der Waals surface area contributed by atoms with Gasteiger partial charge in [-0.3, -0.25) is 19.1 Å². The second kappa shape index (κ2) is 12.2. The summed E-state index contributed by atoms with van der Waals surface area (Å²) < 4.78 is 8.20. The highest BCUT2D eigenvalue weighted by atomic mass is 32.2. The predicted octanol–water partition coefficient (Wildman–Crippen LogP) is 4.83. The summed E-state index contributed by atoms with van der Waals surface area (Å²) in [7, 11) is 0. The molecule has 0 N–H and O–H groups in total. The molecule has 190 valence electrons. The highest BCUT2D eigenvalue weighted by Crippen LogP contribution is 2.36. The molecule has 1 aromatic heterocycles. The van der Waals surface area contributed by atoms with Crippen molar-refractivity contribution in [2.75, 3.05) is 24.5 Å². The van der Waals surface area contributed by atoms with Crippen molar-refractivity contribution in [3.8, 4) is 6.07 Å². The molecule has 0 radical (unpaired) electrons. The van der Waals surface area contributed by atoms with Gasteiger partial charge in [-0.05, 0) is 45.3 Å². The number of nitriles is 1. The number of carbonyl (C=O) groups is 1. The van der Waals surface area contributed by atoms with Gasteiger partial charge in [0, 0.05) is 31.7 Å². The van der Waals surface area contributed by atoms with E-state index in [-0.39, 0.29) is 29.2 Å². The maximum Gasteiger partial charge on any atom is 0.270 e. The molecule has 7 nitrogen and oxygen atoms in total. The molecule has 35 heavy (non-hydrogen) atoms. The fourth-order valence-corrected chi connectivity index (χ4v) is 6.08. The number of hydrogen-bond donors (Lipinski definition) is 0. The number of rotatable bonds is 9. The van der Waals surface area contributed by atoms with Crippen LogP contribution >= 0.6 is 24.0 Å². The molecule has 2 unspecified atom stereocenters. The zero-order valence-corrected chi connectivity index (χ0v) is 23.1. The number of thiocarbonyl (C=S) groups is 1. The zero-order chi connectivity index (χ0) is 25.7. The van der Waals surface area contributed by atoms with Crippen LogP contribution < -0.4 is 10.5 Å². The van der Waals surface area contributed by atoms with E-state index in [4.69, 9.17) is 17.0 Å². The van der Waals surface area contributed by atoms with E-state index < -0.39 is 0 Å². The Morgan fingerprint density at radius 1 is 1.11 bits per heavy atom. The van der Waals surface area contributed by atoms with Gasteiger partial charge in [0.2, 0.25) is 0 Å². The molecule has 2 aliphatic heterocycles. The molecular weight excluding hydrogens is 480 g/mol. The van der Waals surface area contributed by atoms with Gasteiger partial charge >= 0.3 is 0 Å². The third kappa shape index (κ3) is 5.99. The molecule has 2 fully saturated rings. The summed E-state index contributed by atoms with van der Waals surface area (Å²) in [5.74, 6) is 0.654. The first kappa shape index (κ1) is 27.4. The topological polar surface area (TPSA) is 78.6 Å². The van der Waals surface area contributed by atoms with Gasteiger partial charge in [0.15, 0.2) is 0 Å². The molecule has 1 amide bonds. The number of hydrogen-bond acceptors (Lipinski definition) is 7. The lowest BCUT2D eigenvalue weighted by atomic mass is 10.0. The molecular formula is C26H36N4O3S2. The Morgan fingerprint density at radius 3 is 2.40 bits per heavy atom. The van der Waals surface area contributed by atoms with Gasteiger partial charge in [-0.25, -0.2) is 0 Å². The molecule has 0 aromatic carbocycles. The third-order valence-electron chi connectivity index (χ3n) is 6.40. The average Bonchev–Trinajstić information content (AvgIpc) is 3.06. The van der Waals surface area contributed by atoms with Crippen LogP contribution in [0.5, 0.6) is 0 Å². The van der Waals surface area contributed by atoms with Gasteiger partial charge in [0.1, 0.15) is 21.8 Å². The fourth-order valence-electron chi connectivity index (χ4n) is 4.79. The summed E-state index contributed by atoms with van der Waals surface area (Å²) in [5, 5.41) is 9.82. The first-order valence-corrected chi connectivity index (χ1v) is 13.8. The van der Waals surface area contributed by atoms with E-state index >= 15 is 0 Å². The van der Waals surface area contributed by atoms with Crippen LogP contribution in [0, 0.1) is 18.3 Å². The molecule has 0 saturated carbocycles. The number of morpholine rings is 1. The standard InChI is InChI=1S/C26H36N4O3S2/c1-6-8-9-10-12-30-25(32)22(35-26(30)34)13-20-19(5)21(14-27)24(31)29(11-7-2)23(20)28-15-17(3)33-18(4)16-28/h13,17-18H,6-12,15-16H2,1-5H3. The van der Waals surface area contributed by atoms with Crippen LogP contribution in [0.3, 0.4) is 0 Å². The number of unbranched alkanes of at least 4 members (excludes halogenated alkanes) is 3. The number of amides is 1.